The Morgan fingerprint density at radius 1 is 1.31 bits per heavy atom. The van der Waals surface area contributed by atoms with Crippen LogP contribution in [0.25, 0.3) is 0 Å². The normalized spacial score (nSPS) is 27.8. The second-order valence-corrected chi connectivity index (χ2v) is 8.23. The van der Waals surface area contributed by atoms with Crippen LogP contribution in [0.1, 0.15) is 51.3 Å². The van der Waals surface area contributed by atoms with E-state index in [4.69, 9.17) is 4.74 Å². The van der Waals surface area contributed by atoms with Gasteiger partial charge in [-0.05, 0) is 69.6 Å². The number of nitrogens with one attached hydrogen (secondary N) is 1. The van der Waals surface area contributed by atoms with Gasteiger partial charge in [0, 0.05) is 17.8 Å². The van der Waals surface area contributed by atoms with Crippen molar-refractivity contribution in [2.75, 3.05) is 0 Å². The minimum Gasteiger partial charge on any atom is -0.491 e. The van der Waals surface area contributed by atoms with Crippen molar-refractivity contribution in [1.82, 2.24) is 15.1 Å². The Morgan fingerprint density at radius 2 is 2.12 bits per heavy atom. The van der Waals surface area contributed by atoms with E-state index in [9.17, 15) is 4.79 Å². The summed E-state index contributed by atoms with van der Waals surface area (Å²) < 4.78 is 5.80. The maximum absolute atomic E-state index is 13.4. The molecule has 5 nitrogen and oxygen atoms in total. The molecule has 1 fully saturated rings. The van der Waals surface area contributed by atoms with E-state index < -0.39 is 0 Å². The van der Waals surface area contributed by atoms with Crippen molar-refractivity contribution < 1.29 is 9.53 Å². The number of aryl methyl sites for hydroxylation is 1. The largest absolute Gasteiger partial charge is 0.491 e. The van der Waals surface area contributed by atoms with Crippen molar-refractivity contribution in [3.05, 3.63) is 41.4 Å². The van der Waals surface area contributed by atoms with Crippen LogP contribution in [0.15, 0.2) is 30.2 Å². The van der Waals surface area contributed by atoms with Gasteiger partial charge in [-0.1, -0.05) is 13.0 Å². The zero-order chi connectivity index (χ0) is 18.3. The highest BCUT2D eigenvalue weighted by Crippen LogP contribution is 2.36. The summed E-state index contributed by atoms with van der Waals surface area (Å²) in [6.07, 6.45) is 13.4. The Hall–Kier alpha value is -2.04. The molecule has 1 amide bonds. The fourth-order valence-electron chi connectivity index (χ4n) is 4.27. The molecule has 3 aliphatic carbocycles. The highest BCUT2D eigenvalue weighted by atomic mass is 16.5. The van der Waals surface area contributed by atoms with Crippen LogP contribution < -0.4 is 0 Å². The lowest BCUT2D eigenvalue weighted by molar-refractivity contribution is -0.138. The van der Waals surface area contributed by atoms with E-state index >= 15 is 0 Å². The maximum Gasteiger partial charge on any atom is 0.230 e. The molecule has 0 aromatic carbocycles. The van der Waals surface area contributed by atoms with Gasteiger partial charge in [0.05, 0.1) is 18.2 Å². The number of aromatic amines is 1. The first-order valence-electron chi connectivity index (χ1n) is 9.93. The lowest BCUT2D eigenvalue weighted by Gasteiger charge is -2.37. The van der Waals surface area contributed by atoms with Gasteiger partial charge in [0.25, 0.3) is 0 Å². The average Bonchev–Trinajstić information content (AvgIpc) is 3.30. The number of aromatic nitrogens is 2. The summed E-state index contributed by atoms with van der Waals surface area (Å²) in [6, 6.07) is 0.733. The van der Waals surface area contributed by atoms with Gasteiger partial charge in [-0.25, -0.2) is 0 Å². The van der Waals surface area contributed by atoms with Gasteiger partial charge < -0.3 is 9.64 Å². The molecule has 5 heteroatoms. The maximum atomic E-state index is 13.4. The Labute approximate surface area is 155 Å². The molecular formula is C21H29N3O2. The topological polar surface area (TPSA) is 58.2 Å². The molecule has 0 bridgehead atoms. The molecule has 1 aromatic rings. The number of carbonyl (C=O) groups excluding carboxylic acids is 1. The van der Waals surface area contributed by atoms with Crippen LogP contribution in [0, 0.1) is 11.8 Å². The molecule has 26 heavy (non-hydrogen) atoms. The summed E-state index contributed by atoms with van der Waals surface area (Å²) in [7, 11) is 0. The minimum atomic E-state index is -0.0825. The third-order valence-electron chi connectivity index (χ3n) is 5.70. The average molecular weight is 355 g/mol. The molecule has 4 rings (SSSR count). The summed E-state index contributed by atoms with van der Waals surface area (Å²) in [5.74, 6) is 1.25. The number of amides is 1. The van der Waals surface area contributed by atoms with Gasteiger partial charge in [-0.2, -0.15) is 5.10 Å². The summed E-state index contributed by atoms with van der Waals surface area (Å²) in [6.45, 7) is 6.17. The van der Waals surface area contributed by atoms with Crippen molar-refractivity contribution in [2.45, 2.75) is 71.1 Å². The van der Waals surface area contributed by atoms with E-state index in [-0.39, 0.29) is 23.8 Å². The van der Waals surface area contributed by atoms with Crippen LogP contribution >= 0.6 is 0 Å². The van der Waals surface area contributed by atoms with Gasteiger partial charge in [0.15, 0.2) is 0 Å². The standard InChI is InChI=1S/C21H29N3O2/c1-13(2)26-18-7-8-19(14(3)10-18)21(25)24(16-4-5-16)17-6-9-20-15(11-17)12-22-23-20/h7-8,10,12-14,16-17,19H,4-6,9,11H2,1-3H3,(H,22,23). The van der Waals surface area contributed by atoms with Crippen LogP contribution in [-0.2, 0) is 22.4 Å². The molecule has 3 aliphatic rings. The highest BCUT2D eigenvalue weighted by Gasteiger charge is 2.42. The predicted octanol–water partition coefficient (Wildman–Crippen LogP) is 3.39. The van der Waals surface area contributed by atoms with E-state index in [1.165, 1.54) is 11.3 Å². The van der Waals surface area contributed by atoms with Crippen molar-refractivity contribution >= 4 is 5.91 Å². The first-order chi connectivity index (χ1) is 12.5. The number of hydrogen-bond acceptors (Lipinski definition) is 3. The first kappa shape index (κ1) is 17.4. The minimum absolute atomic E-state index is 0.0825. The van der Waals surface area contributed by atoms with Gasteiger partial charge in [-0.3, -0.25) is 9.89 Å². The van der Waals surface area contributed by atoms with E-state index in [1.807, 2.05) is 32.2 Å². The smallest absolute Gasteiger partial charge is 0.230 e. The van der Waals surface area contributed by atoms with Crippen LogP contribution in [0.3, 0.4) is 0 Å². The molecule has 0 saturated heterocycles. The molecule has 0 spiro atoms. The third kappa shape index (κ3) is 3.44. The van der Waals surface area contributed by atoms with E-state index in [0.29, 0.717) is 12.1 Å². The molecule has 1 heterocycles. The fraction of sp³-hybridized carbons (Fsp3) is 0.619. The Balaban J connectivity index is 1.49. The third-order valence-corrected chi connectivity index (χ3v) is 5.70. The predicted molar refractivity (Wildman–Crippen MR) is 100 cm³/mol. The van der Waals surface area contributed by atoms with Crippen molar-refractivity contribution in [2.24, 2.45) is 11.8 Å². The second-order valence-electron chi connectivity index (χ2n) is 8.23. The number of H-pyrrole nitrogens is 1. The Morgan fingerprint density at radius 3 is 2.81 bits per heavy atom. The molecule has 140 valence electrons. The van der Waals surface area contributed by atoms with Gasteiger partial charge >= 0.3 is 0 Å². The van der Waals surface area contributed by atoms with Crippen LogP contribution in [0.2, 0.25) is 0 Å². The monoisotopic (exact) mass is 355 g/mol. The zero-order valence-electron chi connectivity index (χ0n) is 15.9. The van der Waals surface area contributed by atoms with Crippen LogP contribution in [0.4, 0.5) is 0 Å². The SMILES string of the molecule is CC(C)OC1=CC(C)C(C(=O)N(C2CC2)C2CCc3[nH]ncc3C2)C=C1. The van der Waals surface area contributed by atoms with Gasteiger partial charge in [0.1, 0.15) is 5.76 Å². The Bertz CT molecular complexity index is 729. The van der Waals surface area contributed by atoms with Gasteiger partial charge in [0.2, 0.25) is 5.91 Å². The number of ether oxygens (including phenoxy) is 1. The molecule has 3 unspecified atom stereocenters. The quantitative estimate of drug-likeness (QED) is 0.881. The number of hydrogen-bond donors (Lipinski definition) is 1. The summed E-state index contributed by atoms with van der Waals surface area (Å²) in [5.41, 5.74) is 2.52. The summed E-state index contributed by atoms with van der Waals surface area (Å²) >= 11 is 0. The molecule has 0 aliphatic heterocycles. The highest BCUT2D eigenvalue weighted by molar-refractivity contribution is 5.82. The lowest BCUT2D eigenvalue weighted by atomic mass is 9.86. The van der Waals surface area contributed by atoms with Gasteiger partial charge in [-0.15, -0.1) is 0 Å². The van der Waals surface area contributed by atoms with Crippen molar-refractivity contribution in [3.8, 4) is 0 Å². The molecular weight excluding hydrogens is 326 g/mol. The molecule has 3 atom stereocenters. The molecule has 0 radical (unpaired) electrons. The van der Waals surface area contributed by atoms with E-state index in [1.54, 1.807) is 0 Å². The van der Waals surface area contributed by atoms with Crippen LogP contribution in [-0.4, -0.2) is 39.2 Å². The number of allylic oxidation sites excluding steroid dienone is 2. The zero-order valence-corrected chi connectivity index (χ0v) is 15.9. The van der Waals surface area contributed by atoms with E-state index in [2.05, 4.69) is 28.1 Å². The number of carbonyl (C=O) groups is 1. The number of rotatable bonds is 5. The fourth-order valence-corrected chi connectivity index (χ4v) is 4.27. The van der Waals surface area contributed by atoms with Crippen LogP contribution in [0.5, 0.6) is 0 Å². The first-order valence-corrected chi connectivity index (χ1v) is 9.93. The number of nitrogens with zero attached hydrogens (tertiary/aromatic N) is 2. The molecule has 1 saturated carbocycles. The van der Waals surface area contributed by atoms with E-state index in [0.717, 1.165) is 37.9 Å². The van der Waals surface area contributed by atoms with Crippen molar-refractivity contribution in [3.63, 3.8) is 0 Å². The second kappa shape index (κ2) is 6.93. The molecule has 1 N–H and O–H groups in total. The lowest BCUT2D eigenvalue weighted by Crippen LogP contribution is -2.48. The Kier molecular flexibility index (Phi) is 4.63. The van der Waals surface area contributed by atoms with Crippen molar-refractivity contribution in [1.29, 1.82) is 0 Å². The number of fused-ring (bicyclic) bond motifs is 1. The summed E-state index contributed by atoms with van der Waals surface area (Å²) in [5, 5.41) is 7.27. The molecule has 1 aromatic heterocycles. The summed E-state index contributed by atoms with van der Waals surface area (Å²) in [4.78, 5) is 15.7.